The van der Waals surface area contributed by atoms with Gasteiger partial charge in [-0.1, -0.05) is 0 Å². The first-order valence-electron chi connectivity index (χ1n) is 13.2. The summed E-state index contributed by atoms with van der Waals surface area (Å²) in [7, 11) is 4.64. The van der Waals surface area contributed by atoms with Crippen LogP contribution in [0, 0.1) is 17.7 Å². The van der Waals surface area contributed by atoms with Gasteiger partial charge in [0.15, 0.2) is 11.4 Å². The summed E-state index contributed by atoms with van der Waals surface area (Å²) in [5.41, 5.74) is 1.42. The summed E-state index contributed by atoms with van der Waals surface area (Å²) in [5, 5.41) is 44.7. The lowest BCUT2D eigenvalue weighted by Crippen LogP contribution is -2.65. The summed E-state index contributed by atoms with van der Waals surface area (Å²) in [6, 6.07) is 0.131. The highest BCUT2D eigenvalue weighted by molar-refractivity contribution is 6.24. The zero-order valence-electron chi connectivity index (χ0n) is 22.6. The van der Waals surface area contributed by atoms with Gasteiger partial charge in [-0.15, -0.1) is 0 Å². The van der Waals surface area contributed by atoms with Gasteiger partial charge >= 0.3 is 0 Å². The smallest absolute Gasteiger partial charge is 0.255 e. The van der Waals surface area contributed by atoms with Crippen molar-refractivity contribution >= 4 is 23.2 Å². The predicted octanol–water partition coefficient (Wildman–Crippen LogP) is 0.714. The number of carbonyl (C=O) groups excluding carboxylic acids is 3. The normalized spacial score (nSPS) is 30.6. The second kappa shape index (κ2) is 9.95. The van der Waals surface area contributed by atoms with Gasteiger partial charge < -0.3 is 30.9 Å². The highest BCUT2D eigenvalue weighted by atomic mass is 19.1. The second-order valence-electron chi connectivity index (χ2n) is 11.4. The molecule has 1 heterocycles. The van der Waals surface area contributed by atoms with Gasteiger partial charge in [-0.3, -0.25) is 24.2 Å². The monoisotopic (exact) mass is 559 g/mol. The molecule has 40 heavy (non-hydrogen) atoms. The quantitative estimate of drug-likeness (QED) is 0.312. The fraction of sp³-hybridized carbons (Fsp3) is 0.536. The van der Waals surface area contributed by atoms with Crippen molar-refractivity contribution in [2.45, 2.75) is 49.9 Å². The number of nitrogens with zero attached hydrogens (tertiary/aromatic N) is 2. The molecule has 3 aliphatic carbocycles. The predicted molar refractivity (Wildman–Crippen MR) is 140 cm³/mol. The van der Waals surface area contributed by atoms with E-state index < -0.39 is 69.6 Å². The molecule has 216 valence electrons. The van der Waals surface area contributed by atoms with Crippen LogP contribution in [0.5, 0.6) is 5.75 Å². The molecule has 2 fully saturated rings. The van der Waals surface area contributed by atoms with E-state index in [2.05, 4.69) is 4.90 Å². The zero-order chi connectivity index (χ0) is 29.3. The van der Waals surface area contributed by atoms with E-state index in [9.17, 15) is 34.8 Å². The third-order valence-electron chi connectivity index (χ3n) is 8.96. The molecule has 1 aromatic rings. The number of halogens is 1. The SMILES string of the molecule is COC[C@H]1CCCN1Cc1cc(O)c2c(c1F)C[C@H]1C[C@H]3[C@H](N(C)C)C(=O)C(C(N)=O)=C(O)[C@@]3(O)C(=O)C1=C2O. The van der Waals surface area contributed by atoms with Crippen molar-refractivity contribution in [3.05, 3.63) is 45.5 Å². The van der Waals surface area contributed by atoms with Crippen molar-refractivity contribution in [3.8, 4) is 5.75 Å². The molecule has 4 aliphatic rings. The minimum atomic E-state index is -2.73. The number of phenolic OH excluding ortho intramolecular Hbond substituents is 1. The number of amides is 1. The van der Waals surface area contributed by atoms with Crippen molar-refractivity contribution in [2.75, 3.05) is 34.4 Å². The number of likely N-dealkylation sites (N-methyl/N-ethyl adjacent to an activating group) is 1. The molecule has 0 unspecified atom stereocenters. The highest BCUT2D eigenvalue weighted by Gasteiger charge is 2.64. The number of primary amides is 1. The number of fused-ring (bicyclic) bond motifs is 3. The molecule has 0 spiro atoms. The third kappa shape index (κ3) is 3.96. The molecule has 1 saturated heterocycles. The van der Waals surface area contributed by atoms with E-state index >= 15 is 4.39 Å². The minimum Gasteiger partial charge on any atom is -0.508 e. The van der Waals surface area contributed by atoms with Crippen LogP contribution in [-0.4, -0.2) is 99.7 Å². The Morgan fingerprint density at radius 3 is 2.60 bits per heavy atom. The van der Waals surface area contributed by atoms with Crippen molar-refractivity contribution in [2.24, 2.45) is 17.6 Å². The number of aromatic hydroxyl groups is 1. The molecule has 11 nitrogen and oxygen atoms in total. The lowest BCUT2D eigenvalue weighted by Gasteiger charge is -2.50. The van der Waals surface area contributed by atoms with E-state index in [1.165, 1.54) is 25.1 Å². The largest absolute Gasteiger partial charge is 0.508 e. The first kappa shape index (κ1) is 28.2. The van der Waals surface area contributed by atoms with Crippen LogP contribution in [0.3, 0.4) is 0 Å². The Morgan fingerprint density at radius 1 is 1.27 bits per heavy atom. The average molecular weight is 560 g/mol. The first-order valence-corrected chi connectivity index (χ1v) is 13.2. The summed E-state index contributed by atoms with van der Waals surface area (Å²) in [4.78, 5) is 42.6. The first-order chi connectivity index (χ1) is 18.8. The summed E-state index contributed by atoms with van der Waals surface area (Å²) >= 11 is 0. The van der Waals surface area contributed by atoms with Crippen LogP contribution in [0.1, 0.15) is 36.0 Å². The summed E-state index contributed by atoms with van der Waals surface area (Å²) in [6.45, 7) is 1.45. The number of ketones is 2. The Kier molecular flexibility index (Phi) is 7.02. The molecule has 1 saturated carbocycles. The molecule has 0 bridgehead atoms. The number of aliphatic hydroxyl groups is 3. The van der Waals surface area contributed by atoms with Crippen LogP contribution in [0.2, 0.25) is 0 Å². The van der Waals surface area contributed by atoms with Crippen LogP contribution >= 0.6 is 0 Å². The molecular weight excluding hydrogens is 525 g/mol. The van der Waals surface area contributed by atoms with Crippen molar-refractivity contribution < 1.29 is 43.9 Å². The summed E-state index contributed by atoms with van der Waals surface area (Å²) < 4.78 is 21.3. The van der Waals surface area contributed by atoms with Gasteiger partial charge in [0.1, 0.15) is 28.7 Å². The summed E-state index contributed by atoms with van der Waals surface area (Å²) in [5.74, 6) is -8.24. The van der Waals surface area contributed by atoms with E-state index in [1.54, 1.807) is 7.11 Å². The standard InChI is InChI=1S/C28H34FN3O8/c1-31(2)22-16-8-12-7-15-19(17(33)9-13(21(15)29)10-32-6-4-5-14(32)11-40-3)23(34)18(12)25(36)28(16,39)26(37)20(24(22)35)27(30)38/h9,12,14,16,22,33-34,37,39H,4-8,10-11H2,1-3H3,(H2,30,38)/t12-,14+,16-,22-,28-/m0/s1. The summed E-state index contributed by atoms with van der Waals surface area (Å²) in [6.07, 6.45) is 1.64. The van der Waals surface area contributed by atoms with Crippen LogP contribution in [0.25, 0.3) is 5.76 Å². The molecule has 0 aromatic heterocycles. The average Bonchev–Trinajstić information content (AvgIpc) is 3.30. The van der Waals surface area contributed by atoms with Gasteiger partial charge in [0.05, 0.1) is 18.2 Å². The number of rotatable bonds is 6. The number of likely N-dealkylation sites (tertiary alicyclic amines) is 1. The third-order valence-corrected chi connectivity index (χ3v) is 8.96. The van der Waals surface area contributed by atoms with Gasteiger partial charge in [0, 0.05) is 42.3 Å². The van der Waals surface area contributed by atoms with Gasteiger partial charge in [-0.25, -0.2) is 4.39 Å². The number of hydrogen-bond acceptors (Lipinski definition) is 10. The topological polar surface area (TPSA) is 174 Å². The van der Waals surface area contributed by atoms with Gasteiger partial charge in [-0.2, -0.15) is 0 Å². The van der Waals surface area contributed by atoms with E-state index in [0.717, 1.165) is 19.4 Å². The molecule has 12 heteroatoms. The number of Topliss-reactive ketones (excluding diaryl/α,β-unsaturated/α-hetero) is 2. The lowest BCUT2D eigenvalue weighted by atomic mass is 9.57. The van der Waals surface area contributed by atoms with Crippen molar-refractivity contribution in [1.29, 1.82) is 0 Å². The molecular formula is C28H34FN3O8. The molecule has 5 rings (SSSR count). The number of methoxy groups -OCH3 is 1. The number of hydrogen-bond donors (Lipinski definition) is 5. The molecule has 1 aromatic carbocycles. The van der Waals surface area contributed by atoms with Gasteiger partial charge in [0.2, 0.25) is 5.78 Å². The Labute approximate surface area is 230 Å². The van der Waals surface area contributed by atoms with E-state index in [4.69, 9.17) is 10.5 Å². The highest BCUT2D eigenvalue weighted by Crippen LogP contribution is 2.53. The molecule has 1 amide bonds. The number of aliphatic hydroxyl groups excluding tert-OH is 2. The Bertz CT molecular complexity index is 1370. The van der Waals surface area contributed by atoms with E-state index in [-0.39, 0.29) is 47.7 Å². The van der Waals surface area contributed by atoms with Gasteiger partial charge in [0.25, 0.3) is 5.91 Å². The van der Waals surface area contributed by atoms with Crippen LogP contribution in [-0.2, 0) is 32.1 Å². The molecule has 6 N–H and O–H groups in total. The molecule has 1 aliphatic heterocycles. The second-order valence-corrected chi connectivity index (χ2v) is 11.4. The lowest BCUT2D eigenvalue weighted by molar-refractivity contribution is -0.153. The number of nitrogens with two attached hydrogens (primary N) is 1. The minimum absolute atomic E-state index is 0.0307. The van der Waals surface area contributed by atoms with Gasteiger partial charge in [-0.05, 0) is 58.3 Å². The van der Waals surface area contributed by atoms with Crippen LogP contribution in [0.4, 0.5) is 4.39 Å². The maximum atomic E-state index is 16.0. The Hall–Kier alpha value is -3.32. The zero-order valence-corrected chi connectivity index (χ0v) is 22.6. The maximum absolute atomic E-state index is 16.0. The number of benzene rings is 1. The Balaban J connectivity index is 1.61. The van der Waals surface area contributed by atoms with E-state index in [0.29, 0.717) is 6.61 Å². The number of ether oxygens (including phenoxy) is 1. The Morgan fingerprint density at radius 2 is 1.98 bits per heavy atom. The fourth-order valence-electron chi connectivity index (χ4n) is 7.17. The number of phenols is 1. The van der Waals surface area contributed by atoms with Crippen molar-refractivity contribution in [1.82, 2.24) is 9.80 Å². The fourth-order valence-corrected chi connectivity index (χ4v) is 7.17. The molecule has 0 radical (unpaired) electrons. The van der Waals surface area contributed by atoms with Crippen LogP contribution < -0.4 is 5.73 Å². The van der Waals surface area contributed by atoms with Crippen molar-refractivity contribution in [3.63, 3.8) is 0 Å². The number of carbonyl (C=O) groups is 3. The molecule has 5 atom stereocenters. The van der Waals surface area contributed by atoms with Crippen LogP contribution in [0.15, 0.2) is 23.0 Å². The maximum Gasteiger partial charge on any atom is 0.255 e. The van der Waals surface area contributed by atoms with E-state index in [1.807, 2.05) is 0 Å².